The zero-order valence-electron chi connectivity index (χ0n) is 44.6. The maximum Gasteiger partial charge on any atom is 0.473 e. The Balaban J connectivity index is 4.61. The van der Waals surface area contributed by atoms with Crippen LogP contribution >= 0.6 is 7.82 Å². The first-order valence-corrected chi connectivity index (χ1v) is 30.2. The number of carbonyl (C=O) groups excluding carboxylic acids is 2. The van der Waals surface area contributed by atoms with Crippen molar-refractivity contribution in [2.45, 2.75) is 308 Å². The highest BCUT2D eigenvalue weighted by atomic mass is 31.2. The van der Waals surface area contributed by atoms with Crippen LogP contribution in [0, 0.1) is 0 Å². The van der Waals surface area contributed by atoms with Gasteiger partial charge in [0.25, 0.3) is 0 Å². The largest absolute Gasteiger partial charge is 0.473 e. The van der Waals surface area contributed by atoms with Crippen LogP contribution < -0.4 is 0 Å². The number of nitrogens with zero attached hydrogens (tertiary/aromatic N) is 1. The Labute approximate surface area is 409 Å². The molecule has 66 heavy (non-hydrogen) atoms. The molecule has 0 spiro atoms. The second-order valence-corrected chi connectivity index (χ2v) is 22.8. The summed E-state index contributed by atoms with van der Waals surface area (Å²) >= 11 is 0. The van der Waals surface area contributed by atoms with Gasteiger partial charge < -0.3 is 19.6 Å². The number of aliphatic hydroxyl groups is 2. The van der Waals surface area contributed by atoms with Gasteiger partial charge in [0.05, 0.1) is 34.4 Å². The van der Waals surface area contributed by atoms with Crippen molar-refractivity contribution < 1.29 is 42.8 Å². The molecular formula is C56H113NO8P+. The Bertz CT molecular complexity index is 1070. The van der Waals surface area contributed by atoms with Crippen molar-refractivity contribution >= 4 is 19.4 Å². The van der Waals surface area contributed by atoms with Gasteiger partial charge in [-0.25, -0.2) is 4.57 Å². The van der Waals surface area contributed by atoms with E-state index >= 15 is 0 Å². The standard InChI is InChI=1S/C56H112NO8P/c1-6-8-10-12-14-16-18-20-22-24-26-28-30-32-34-36-38-40-42-44-46-48-54(60)56(52-57(3,4)5,65-66(62,63)64-51-53(59)50-58)55(61)49-47-45-43-41-39-37-35-33-31-29-27-25-23-21-19-17-15-13-11-9-7-2/h53,58-59H,6-52H2,1-5H3/p+1. The zero-order chi connectivity index (χ0) is 48.9. The number of quaternary nitrogens is 1. The van der Waals surface area contributed by atoms with Crippen molar-refractivity contribution in [3.05, 3.63) is 0 Å². The normalized spacial score (nSPS) is 13.6. The van der Waals surface area contributed by atoms with E-state index in [1.807, 2.05) is 21.1 Å². The quantitative estimate of drug-likeness (QED) is 0.0238. The Morgan fingerprint density at radius 3 is 0.894 bits per heavy atom. The van der Waals surface area contributed by atoms with E-state index in [0.29, 0.717) is 12.8 Å². The van der Waals surface area contributed by atoms with Gasteiger partial charge in [-0.1, -0.05) is 271 Å². The van der Waals surface area contributed by atoms with Crippen molar-refractivity contribution in [1.82, 2.24) is 0 Å². The minimum absolute atomic E-state index is 0.0728. The van der Waals surface area contributed by atoms with Crippen LogP contribution in [0.4, 0.5) is 0 Å². The predicted octanol–water partition coefficient (Wildman–Crippen LogP) is 16.3. The Hall–Kier alpha value is -0.670. The summed E-state index contributed by atoms with van der Waals surface area (Å²) in [5.41, 5.74) is -2.15. The third-order valence-electron chi connectivity index (χ3n) is 13.5. The van der Waals surface area contributed by atoms with Gasteiger partial charge in [0, 0.05) is 12.8 Å². The average Bonchev–Trinajstić information content (AvgIpc) is 3.28. The van der Waals surface area contributed by atoms with Crippen LogP contribution in [0.1, 0.15) is 296 Å². The van der Waals surface area contributed by atoms with Crippen LogP contribution in [0.15, 0.2) is 0 Å². The summed E-state index contributed by atoms with van der Waals surface area (Å²) in [7, 11) is 0.524. The van der Waals surface area contributed by atoms with E-state index in [0.717, 1.165) is 38.5 Å². The van der Waals surface area contributed by atoms with Gasteiger partial charge in [0.1, 0.15) is 12.6 Å². The summed E-state index contributed by atoms with van der Waals surface area (Å²) < 4.78 is 24.2. The fraction of sp³-hybridized carbons (Fsp3) is 0.964. The van der Waals surface area contributed by atoms with Crippen molar-refractivity contribution in [2.75, 3.05) is 40.9 Å². The van der Waals surface area contributed by atoms with Crippen LogP contribution in [0.25, 0.3) is 0 Å². The molecule has 0 bridgehead atoms. The number of phosphoric ester groups is 1. The number of hydrogen-bond donors (Lipinski definition) is 3. The van der Waals surface area contributed by atoms with E-state index in [-0.39, 0.29) is 23.9 Å². The molecule has 0 aromatic rings. The topological polar surface area (TPSA) is 130 Å². The van der Waals surface area contributed by atoms with Crippen molar-refractivity contribution in [2.24, 2.45) is 0 Å². The molecule has 0 rings (SSSR count). The highest BCUT2D eigenvalue weighted by Gasteiger charge is 2.54. The summed E-state index contributed by atoms with van der Waals surface area (Å²) in [6.07, 6.45) is 51.9. The number of rotatable bonds is 54. The molecule has 9 nitrogen and oxygen atoms in total. The van der Waals surface area contributed by atoms with Gasteiger partial charge in [-0.05, 0) is 12.8 Å². The average molecular weight is 959 g/mol. The lowest BCUT2D eigenvalue weighted by Gasteiger charge is -2.37. The third-order valence-corrected chi connectivity index (χ3v) is 14.5. The maximum absolute atomic E-state index is 14.1. The summed E-state index contributed by atoms with van der Waals surface area (Å²) in [5.74, 6) is -0.968. The molecule has 3 N–H and O–H groups in total. The molecule has 0 aliphatic rings. The van der Waals surface area contributed by atoms with Crippen LogP contribution in [0.3, 0.4) is 0 Å². The fourth-order valence-corrected chi connectivity index (χ4v) is 10.5. The number of ketones is 2. The first-order chi connectivity index (χ1) is 31.8. The summed E-state index contributed by atoms with van der Waals surface area (Å²) in [6, 6.07) is 0. The molecule has 0 heterocycles. The molecule has 0 aliphatic carbocycles. The Morgan fingerprint density at radius 2 is 0.682 bits per heavy atom. The molecule has 0 aromatic heterocycles. The number of unbranched alkanes of at least 4 members (excludes halogenated alkanes) is 40. The van der Waals surface area contributed by atoms with Gasteiger partial charge in [-0.3, -0.25) is 18.6 Å². The minimum atomic E-state index is -4.96. The van der Waals surface area contributed by atoms with Crippen LogP contribution in [-0.4, -0.2) is 83.8 Å². The van der Waals surface area contributed by atoms with Crippen molar-refractivity contribution in [3.8, 4) is 0 Å². The number of hydrogen-bond acceptors (Lipinski definition) is 7. The van der Waals surface area contributed by atoms with Gasteiger partial charge in [0.15, 0.2) is 11.6 Å². The second-order valence-electron chi connectivity index (χ2n) is 21.5. The summed E-state index contributed by atoms with van der Waals surface area (Å²) in [4.78, 5) is 39.1. The lowest BCUT2D eigenvalue weighted by molar-refractivity contribution is -0.874. The molecule has 0 amide bonds. The molecule has 0 saturated carbocycles. The molecule has 394 valence electrons. The lowest BCUT2D eigenvalue weighted by atomic mass is 9.86. The molecule has 2 atom stereocenters. The van der Waals surface area contributed by atoms with E-state index in [1.165, 1.54) is 218 Å². The number of phosphoric acid groups is 1. The first-order valence-electron chi connectivity index (χ1n) is 28.7. The van der Waals surface area contributed by atoms with E-state index in [9.17, 15) is 29.3 Å². The number of likely N-dealkylation sites (N-methyl/N-ethyl adjacent to an activating group) is 1. The van der Waals surface area contributed by atoms with E-state index in [1.54, 1.807) is 0 Å². The van der Waals surface area contributed by atoms with Crippen LogP contribution in [0.2, 0.25) is 0 Å². The monoisotopic (exact) mass is 959 g/mol. The molecule has 2 unspecified atom stereocenters. The number of Topliss-reactive ketones (excluding diaryl/α,β-unsaturated/α-hetero) is 2. The molecule has 0 fully saturated rings. The molecule has 0 aliphatic heterocycles. The highest BCUT2D eigenvalue weighted by molar-refractivity contribution is 7.47. The van der Waals surface area contributed by atoms with Crippen molar-refractivity contribution in [1.29, 1.82) is 0 Å². The van der Waals surface area contributed by atoms with E-state index in [2.05, 4.69) is 13.8 Å². The number of carbonyl (C=O) groups is 2. The van der Waals surface area contributed by atoms with E-state index in [4.69, 9.17) is 9.05 Å². The van der Waals surface area contributed by atoms with Crippen molar-refractivity contribution in [3.63, 3.8) is 0 Å². The Kier molecular flexibility index (Phi) is 45.0. The predicted molar refractivity (Wildman–Crippen MR) is 280 cm³/mol. The van der Waals surface area contributed by atoms with E-state index < -0.39 is 44.3 Å². The Morgan fingerprint density at radius 1 is 0.455 bits per heavy atom. The number of aliphatic hydroxyl groups excluding tert-OH is 2. The smallest absolute Gasteiger partial charge is 0.394 e. The van der Waals surface area contributed by atoms with Gasteiger partial charge >= 0.3 is 7.82 Å². The molecule has 0 aromatic carbocycles. The summed E-state index contributed by atoms with van der Waals surface area (Å²) in [6.45, 7) is 3.12. The molecule has 0 saturated heterocycles. The van der Waals surface area contributed by atoms with Gasteiger partial charge in [0.2, 0.25) is 5.60 Å². The van der Waals surface area contributed by atoms with Gasteiger partial charge in [-0.15, -0.1) is 0 Å². The van der Waals surface area contributed by atoms with Crippen LogP contribution in [-0.2, 0) is 23.2 Å². The molecule has 10 heteroatoms. The first kappa shape index (κ1) is 65.3. The lowest BCUT2D eigenvalue weighted by Crippen LogP contribution is -2.59. The fourth-order valence-electron chi connectivity index (χ4n) is 9.43. The molecule has 0 radical (unpaired) electrons. The van der Waals surface area contributed by atoms with Gasteiger partial charge in [-0.2, -0.15) is 0 Å². The highest BCUT2D eigenvalue weighted by Crippen LogP contribution is 2.49. The SMILES string of the molecule is CCCCCCCCCCCCCCCCCCCCCCCC(=O)C(C[N+](C)(C)C)(OP(=O)(O)OCC(O)CO)C(=O)CCCCCCCCCCCCCCCCCCCCCCC. The summed E-state index contributed by atoms with van der Waals surface area (Å²) in [5, 5.41) is 19.0. The minimum Gasteiger partial charge on any atom is -0.394 e. The second kappa shape index (κ2) is 45.5. The zero-order valence-corrected chi connectivity index (χ0v) is 45.5. The third kappa shape index (κ3) is 41.1. The van der Waals surface area contributed by atoms with Crippen LogP contribution in [0.5, 0.6) is 0 Å². The molecular weight excluding hydrogens is 846 g/mol. The maximum atomic E-state index is 14.1.